The van der Waals surface area contributed by atoms with Crippen LogP contribution in [0, 0.1) is 5.82 Å². The number of hydrogen-bond acceptors (Lipinski definition) is 3. The Balaban J connectivity index is 3.04. The van der Waals surface area contributed by atoms with Crippen LogP contribution in [0.2, 0.25) is 0 Å². The second-order valence-electron chi connectivity index (χ2n) is 5.41. The van der Waals surface area contributed by atoms with Crippen molar-refractivity contribution in [3.05, 3.63) is 29.6 Å². The summed E-state index contributed by atoms with van der Waals surface area (Å²) < 4.78 is 14.3. The molecule has 1 aromatic carbocycles. The Morgan fingerprint density at radius 1 is 1.24 bits per heavy atom. The van der Waals surface area contributed by atoms with Gasteiger partial charge in [0.05, 0.1) is 6.61 Å². The SMILES string of the molecule is CCCCN(CCO)c1cccc(F)c1C(C)NCCC. The molecule has 0 heterocycles. The summed E-state index contributed by atoms with van der Waals surface area (Å²) in [5.41, 5.74) is 1.60. The number of rotatable bonds is 10. The van der Waals surface area contributed by atoms with Gasteiger partial charge in [0.15, 0.2) is 0 Å². The summed E-state index contributed by atoms with van der Waals surface area (Å²) in [6, 6.07) is 5.18. The summed E-state index contributed by atoms with van der Waals surface area (Å²) in [6.07, 6.45) is 3.13. The zero-order chi connectivity index (χ0) is 15.7. The lowest BCUT2D eigenvalue weighted by molar-refractivity contribution is 0.301. The summed E-state index contributed by atoms with van der Waals surface area (Å²) in [4.78, 5) is 2.09. The van der Waals surface area contributed by atoms with E-state index in [1.165, 1.54) is 6.07 Å². The van der Waals surface area contributed by atoms with E-state index in [2.05, 4.69) is 24.1 Å². The number of halogens is 1. The molecule has 0 bridgehead atoms. The Hall–Kier alpha value is -1.13. The molecular weight excluding hydrogens is 267 g/mol. The van der Waals surface area contributed by atoms with Crippen molar-refractivity contribution in [2.24, 2.45) is 0 Å². The standard InChI is InChI=1S/C17H29FN2O/c1-4-6-11-20(12-13-21)16-9-7-8-15(18)17(16)14(3)19-10-5-2/h7-9,14,19,21H,4-6,10-13H2,1-3H3. The molecular formula is C17H29FN2O. The van der Waals surface area contributed by atoms with Crippen LogP contribution in [0.3, 0.4) is 0 Å². The molecule has 0 saturated carbocycles. The average molecular weight is 296 g/mol. The molecule has 120 valence electrons. The summed E-state index contributed by atoms with van der Waals surface area (Å²) >= 11 is 0. The van der Waals surface area contributed by atoms with Crippen molar-refractivity contribution in [1.29, 1.82) is 0 Å². The lowest BCUT2D eigenvalue weighted by atomic mass is 10.0. The van der Waals surface area contributed by atoms with Gasteiger partial charge in [0.1, 0.15) is 5.82 Å². The van der Waals surface area contributed by atoms with Gasteiger partial charge in [-0.25, -0.2) is 4.39 Å². The van der Waals surface area contributed by atoms with E-state index in [1.54, 1.807) is 6.07 Å². The van der Waals surface area contributed by atoms with E-state index in [0.29, 0.717) is 12.1 Å². The highest BCUT2D eigenvalue weighted by molar-refractivity contribution is 5.55. The van der Waals surface area contributed by atoms with Crippen molar-refractivity contribution < 1.29 is 9.50 Å². The first-order chi connectivity index (χ1) is 10.2. The lowest BCUT2D eigenvalue weighted by Gasteiger charge is -2.29. The molecule has 0 aliphatic rings. The van der Waals surface area contributed by atoms with Crippen molar-refractivity contribution in [1.82, 2.24) is 5.32 Å². The fourth-order valence-corrected chi connectivity index (χ4v) is 2.52. The zero-order valence-corrected chi connectivity index (χ0v) is 13.5. The molecule has 0 amide bonds. The Morgan fingerprint density at radius 2 is 2.00 bits per heavy atom. The van der Waals surface area contributed by atoms with Crippen molar-refractivity contribution in [2.45, 2.75) is 46.1 Å². The normalized spacial score (nSPS) is 12.4. The molecule has 0 aliphatic heterocycles. The van der Waals surface area contributed by atoms with Gasteiger partial charge in [0.2, 0.25) is 0 Å². The topological polar surface area (TPSA) is 35.5 Å². The third-order valence-corrected chi connectivity index (χ3v) is 3.66. The number of unbranched alkanes of at least 4 members (excludes halogenated alkanes) is 1. The van der Waals surface area contributed by atoms with Gasteiger partial charge in [-0.1, -0.05) is 26.3 Å². The highest BCUT2D eigenvalue weighted by Crippen LogP contribution is 2.29. The van der Waals surface area contributed by atoms with Gasteiger partial charge in [0.25, 0.3) is 0 Å². The maximum Gasteiger partial charge on any atom is 0.130 e. The summed E-state index contributed by atoms with van der Waals surface area (Å²) in [5.74, 6) is -0.178. The van der Waals surface area contributed by atoms with E-state index >= 15 is 0 Å². The van der Waals surface area contributed by atoms with Crippen LogP contribution < -0.4 is 10.2 Å². The smallest absolute Gasteiger partial charge is 0.130 e. The Morgan fingerprint density at radius 3 is 2.62 bits per heavy atom. The first-order valence-corrected chi connectivity index (χ1v) is 8.03. The zero-order valence-electron chi connectivity index (χ0n) is 13.5. The molecule has 21 heavy (non-hydrogen) atoms. The number of nitrogens with one attached hydrogen (secondary N) is 1. The van der Waals surface area contributed by atoms with Crippen molar-refractivity contribution >= 4 is 5.69 Å². The predicted octanol–water partition coefficient (Wildman–Crippen LogP) is 3.49. The van der Waals surface area contributed by atoms with Crippen LogP contribution in [0.1, 0.15) is 51.6 Å². The number of nitrogens with zero attached hydrogens (tertiary/aromatic N) is 1. The Kier molecular flexibility index (Phi) is 8.31. The molecule has 2 N–H and O–H groups in total. The molecule has 0 aliphatic carbocycles. The fourth-order valence-electron chi connectivity index (χ4n) is 2.52. The van der Waals surface area contributed by atoms with Crippen LogP contribution >= 0.6 is 0 Å². The van der Waals surface area contributed by atoms with E-state index in [-0.39, 0.29) is 18.5 Å². The maximum absolute atomic E-state index is 14.3. The molecule has 1 rings (SSSR count). The number of aliphatic hydroxyl groups is 1. The molecule has 1 aromatic rings. The van der Waals surface area contributed by atoms with Gasteiger partial charge in [0, 0.05) is 30.4 Å². The van der Waals surface area contributed by atoms with Crippen molar-refractivity contribution in [3.63, 3.8) is 0 Å². The van der Waals surface area contributed by atoms with E-state index in [0.717, 1.165) is 38.0 Å². The highest BCUT2D eigenvalue weighted by Gasteiger charge is 2.18. The van der Waals surface area contributed by atoms with Crippen molar-refractivity contribution in [3.8, 4) is 0 Å². The van der Waals surface area contributed by atoms with E-state index in [9.17, 15) is 9.50 Å². The minimum atomic E-state index is -0.178. The molecule has 4 heteroatoms. The number of hydrogen-bond donors (Lipinski definition) is 2. The first-order valence-electron chi connectivity index (χ1n) is 8.03. The molecule has 1 atom stereocenters. The van der Waals surface area contributed by atoms with Crippen LogP contribution in [0.15, 0.2) is 18.2 Å². The van der Waals surface area contributed by atoms with E-state index in [1.807, 2.05) is 13.0 Å². The third kappa shape index (κ3) is 5.29. The minimum absolute atomic E-state index is 0.0380. The number of aliphatic hydroxyl groups excluding tert-OH is 1. The van der Waals surface area contributed by atoms with Gasteiger partial charge >= 0.3 is 0 Å². The van der Waals surface area contributed by atoms with Gasteiger partial charge in [-0.15, -0.1) is 0 Å². The fraction of sp³-hybridized carbons (Fsp3) is 0.647. The van der Waals surface area contributed by atoms with Crippen LogP contribution in [0.25, 0.3) is 0 Å². The number of anilines is 1. The predicted molar refractivity (Wildman–Crippen MR) is 87.3 cm³/mol. The summed E-state index contributed by atoms with van der Waals surface area (Å²) in [7, 11) is 0. The molecule has 0 saturated heterocycles. The van der Waals surface area contributed by atoms with Gasteiger partial charge in [-0.3, -0.25) is 0 Å². The van der Waals surface area contributed by atoms with Gasteiger partial charge in [-0.05, 0) is 38.4 Å². The first kappa shape index (κ1) is 17.9. The minimum Gasteiger partial charge on any atom is -0.395 e. The Labute approximate surface area is 128 Å². The van der Waals surface area contributed by atoms with Crippen LogP contribution in [0.4, 0.5) is 10.1 Å². The van der Waals surface area contributed by atoms with Crippen LogP contribution in [0.5, 0.6) is 0 Å². The quantitative estimate of drug-likeness (QED) is 0.694. The molecule has 0 radical (unpaired) electrons. The molecule has 1 unspecified atom stereocenters. The van der Waals surface area contributed by atoms with E-state index in [4.69, 9.17) is 0 Å². The van der Waals surface area contributed by atoms with Gasteiger partial charge in [-0.2, -0.15) is 0 Å². The van der Waals surface area contributed by atoms with E-state index < -0.39 is 0 Å². The van der Waals surface area contributed by atoms with Crippen LogP contribution in [-0.2, 0) is 0 Å². The summed E-state index contributed by atoms with van der Waals surface area (Å²) in [5, 5.41) is 12.6. The molecule has 3 nitrogen and oxygen atoms in total. The molecule has 0 aromatic heterocycles. The molecule has 0 fully saturated rings. The van der Waals surface area contributed by atoms with Crippen molar-refractivity contribution in [2.75, 3.05) is 31.1 Å². The average Bonchev–Trinajstić information content (AvgIpc) is 2.48. The van der Waals surface area contributed by atoms with Crippen LogP contribution in [-0.4, -0.2) is 31.3 Å². The van der Waals surface area contributed by atoms with Gasteiger partial charge < -0.3 is 15.3 Å². The highest BCUT2D eigenvalue weighted by atomic mass is 19.1. The number of benzene rings is 1. The third-order valence-electron chi connectivity index (χ3n) is 3.66. The molecule has 0 spiro atoms. The second-order valence-corrected chi connectivity index (χ2v) is 5.41. The monoisotopic (exact) mass is 296 g/mol. The lowest BCUT2D eigenvalue weighted by Crippen LogP contribution is -2.31. The maximum atomic E-state index is 14.3. The Bertz CT molecular complexity index is 412. The largest absolute Gasteiger partial charge is 0.395 e. The summed E-state index contributed by atoms with van der Waals surface area (Å²) in [6.45, 7) is 8.55. The second kappa shape index (κ2) is 9.74.